The van der Waals surface area contributed by atoms with Crippen LogP contribution < -0.4 is 15.4 Å². The number of rotatable bonds is 15. The number of ether oxygens (including phenoxy) is 1. The van der Waals surface area contributed by atoms with Gasteiger partial charge in [0.05, 0.1) is 0 Å². The van der Waals surface area contributed by atoms with Gasteiger partial charge in [-0.15, -0.1) is 0 Å². The van der Waals surface area contributed by atoms with Crippen molar-refractivity contribution in [2.75, 3.05) is 13.1 Å². The average molecular weight is 564 g/mol. The highest BCUT2D eigenvalue weighted by atomic mass is 16.5. The van der Waals surface area contributed by atoms with Crippen LogP contribution in [0.5, 0.6) is 11.5 Å². The predicted molar refractivity (Wildman–Crippen MR) is 163 cm³/mol. The van der Waals surface area contributed by atoms with Crippen LogP contribution in [0, 0.1) is 17.8 Å². The van der Waals surface area contributed by atoms with E-state index in [-0.39, 0.29) is 23.6 Å². The zero-order valence-electron chi connectivity index (χ0n) is 25.4. The monoisotopic (exact) mass is 563 g/mol. The van der Waals surface area contributed by atoms with Crippen LogP contribution in [0.3, 0.4) is 0 Å². The van der Waals surface area contributed by atoms with Gasteiger partial charge < -0.3 is 20.3 Å². The first kappa shape index (κ1) is 32.2. The Labute approximate surface area is 246 Å². The van der Waals surface area contributed by atoms with Gasteiger partial charge in [0.15, 0.2) is 0 Å². The number of likely N-dealkylation sites (tertiary alicyclic amines) is 1. The highest BCUT2D eigenvalue weighted by Gasteiger charge is 2.36. The lowest BCUT2D eigenvalue weighted by Crippen LogP contribution is -2.51. The van der Waals surface area contributed by atoms with Crippen molar-refractivity contribution >= 4 is 17.7 Å². The fourth-order valence-electron chi connectivity index (χ4n) is 5.53. The van der Waals surface area contributed by atoms with Crippen molar-refractivity contribution in [1.82, 2.24) is 15.5 Å². The number of benzene rings is 2. The van der Waals surface area contributed by atoms with Gasteiger partial charge >= 0.3 is 0 Å². The van der Waals surface area contributed by atoms with Crippen LogP contribution in [0.2, 0.25) is 0 Å². The van der Waals surface area contributed by atoms with Gasteiger partial charge in [-0.25, -0.2) is 0 Å². The van der Waals surface area contributed by atoms with Crippen LogP contribution in [0.15, 0.2) is 54.6 Å². The SMILES string of the molecule is CCCCNC(=O)[C@@H](CCC)C(CC(C)C)C(=O)NC1CCCCN(Cc2cccc(Oc3ccccc3)c2)C1=O. The number of amides is 3. The van der Waals surface area contributed by atoms with Crippen molar-refractivity contribution in [2.45, 2.75) is 91.6 Å². The third-order valence-corrected chi connectivity index (χ3v) is 7.66. The smallest absolute Gasteiger partial charge is 0.245 e. The maximum atomic E-state index is 13.8. The maximum Gasteiger partial charge on any atom is 0.245 e. The van der Waals surface area contributed by atoms with Gasteiger partial charge in [0, 0.05) is 31.5 Å². The number of nitrogens with zero attached hydrogens (tertiary/aromatic N) is 1. The molecule has 0 radical (unpaired) electrons. The molecule has 2 aromatic carbocycles. The second-order valence-electron chi connectivity index (χ2n) is 11.7. The highest BCUT2D eigenvalue weighted by Crippen LogP contribution is 2.27. The van der Waals surface area contributed by atoms with E-state index in [0.29, 0.717) is 38.9 Å². The quantitative estimate of drug-likeness (QED) is 0.243. The summed E-state index contributed by atoms with van der Waals surface area (Å²) in [5, 5.41) is 6.15. The van der Waals surface area contributed by atoms with Crippen LogP contribution in [0.1, 0.15) is 84.6 Å². The van der Waals surface area contributed by atoms with Crippen LogP contribution in [-0.4, -0.2) is 41.8 Å². The Balaban J connectivity index is 1.71. The lowest BCUT2D eigenvalue weighted by Gasteiger charge is -2.30. The number of para-hydroxylation sites is 1. The van der Waals surface area contributed by atoms with E-state index in [1.165, 1.54) is 0 Å². The van der Waals surface area contributed by atoms with E-state index >= 15 is 0 Å². The topological polar surface area (TPSA) is 87.7 Å². The first-order valence-corrected chi connectivity index (χ1v) is 15.5. The molecule has 0 aromatic heterocycles. The van der Waals surface area contributed by atoms with Crippen LogP contribution in [0.25, 0.3) is 0 Å². The fraction of sp³-hybridized carbons (Fsp3) is 0.559. The van der Waals surface area contributed by atoms with Gasteiger partial charge in [-0.2, -0.15) is 0 Å². The molecule has 0 bridgehead atoms. The first-order valence-electron chi connectivity index (χ1n) is 15.5. The number of carbonyl (C=O) groups is 3. The molecule has 1 saturated heterocycles. The molecule has 1 aliphatic rings. The number of carbonyl (C=O) groups excluding carboxylic acids is 3. The zero-order chi connectivity index (χ0) is 29.6. The van der Waals surface area contributed by atoms with Gasteiger partial charge in [-0.3, -0.25) is 14.4 Å². The summed E-state index contributed by atoms with van der Waals surface area (Å²) in [6.45, 7) is 10.0. The summed E-state index contributed by atoms with van der Waals surface area (Å²) >= 11 is 0. The minimum absolute atomic E-state index is 0.0486. The summed E-state index contributed by atoms with van der Waals surface area (Å²) < 4.78 is 5.99. The summed E-state index contributed by atoms with van der Waals surface area (Å²) in [6.07, 6.45) is 6.33. The second kappa shape index (κ2) is 16.8. The Kier molecular flexibility index (Phi) is 13.2. The van der Waals surface area contributed by atoms with Gasteiger partial charge in [-0.1, -0.05) is 70.9 Å². The van der Waals surface area contributed by atoms with Crippen molar-refractivity contribution in [3.8, 4) is 11.5 Å². The van der Waals surface area contributed by atoms with Crippen LogP contribution in [0.4, 0.5) is 0 Å². The molecule has 0 saturated carbocycles. The fourth-order valence-corrected chi connectivity index (χ4v) is 5.53. The third kappa shape index (κ3) is 10.2. The molecule has 224 valence electrons. The molecule has 1 fully saturated rings. The Morgan fingerprint density at radius 1 is 0.951 bits per heavy atom. The minimum Gasteiger partial charge on any atom is -0.457 e. The summed E-state index contributed by atoms with van der Waals surface area (Å²) in [7, 11) is 0. The van der Waals surface area contributed by atoms with E-state index in [0.717, 1.165) is 49.2 Å². The van der Waals surface area contributed by atoms with Gasteiger partial charge in [0.1, 0.15) is 17.5 Å². The van der Waals surface area contributed by atoms with E-state index in [1.54, 1.807) is 0 Å². The van der Waals surface area contributed by atoms with Crippen molar-refractivity contribution in [3.05, 3.63) is 60.2 Å². The first-order chi connectivity index (χ1) is 19.8. The van der Waals surface area contributed by atoms with Crippen molar-refractivity contribution in [1.29, 1.82) is 0 Å². The summed E-state index contributed by atoms with van der Waals surface area (Å²) in [4.78, 5) is 42.5. The molecular weight excluding hydrogens is 514 g/mol. The zero-order valence-corrected chi connectivity index (χ0v) is 25.4. The molecule has 0 aliphatic carbocycles. The van der Waals surface area contributed by atoms with Gasteiger partial charge in [0.25, 0.3) is 0 Å². The molecule has 41 heavy (non-hydrogen) atoms. The van der Waals surface area contributed by atoms with E-state index < -0.39 is 17.9 Å². The Hall–Kier alpha value is -3.35. The summed E-state index contributed by atoms with van der Waals surface area (Å²) in [5.41, 5.74) is 0.975. The maximum absolute atomic E-state index is 13.8. The number of unbranched alkanes of at least 4 members (excludes halogenated alkanes) is 1. The summed E-state index contributed by atoms with van der Waals surface area (Å²) in [6, 6.07) is 16.8. The lowest BCUT2D eigenvalue weighted by molar-refractivity contribution is -0.140. The molecule has 3 amide bonds. The van der Waals surface area contributed by atoms with Crippen LogP contribution in [-0.2, 0) is 20.9 Å². The molecule has 7 heteroatoms. The molecule has 0 spiro atoms. The second-order valence-corrected chi connectivity index (χ2v) is 11.7. The number of nitrogens with one attached hydrogen (secondary N) is 2. The van der Waals surface area contributed by atoms with E-state index in [4.69, 9.17) is 4.74 Å². The Morgan fingerprint density at radius 3 is 2.41 bits per heavy atom. The van der Waals surface area contributed by atoms with Crippen molar-refractivity contribution in [3.63, 3.8) is 0 Å². The molecule has 3 atom stereocenters. The molecule has 2 N–H and O–H groups in total. The van der Waals surface area contributed by atoms with Gasteiger partial charge in [0.2, 0.25) is 17.7 Å². The van der Waals surface area contributed by atoms with E-state index in [2.05, 4.69) is 31.4 Å². The molecule has 7 nitrogen and oxygen atoms in total. The van der Waals surface area contributed by atoms with E-state index in [1.807, 2.05) is 66.4 Å². The average Bonchev–Trinajstić information content (AvgIpc) is 3.12. The van der Waals surface area contributed by atoms with Crippen molar-refractivity contribution in [2.24, 2.45) is 17.8 Å². The lowest BCUT2D eigenvalue weighted by atomic mass is 9.81. The minimum atomic E-state index is -0.589. The Morgan fingerprint density at radius 2 is 1.71 bits per heavy atom. The number of hydrogen-bond acceptors (Lipinski definition) is 4. The largest absolute Gasteiger partial charge is 0.457 e. The highest BCUT2D eigenvalue weighted by molar-refractivity contribution is 5.91. The van der Waals surface area contributed by atoms with Gasteiger partial charge in [-0.05, 0) is 74.3 Å². The van der Waals surface area contributed by atoms with Crippen molar-refractivity contribution < 1.29 is 19.1 Å². The Bertz CT molecular complexity index is 1100. The molecule has 1 heterocycles. The normalized spacial score (nSPS) is 17.0. The number of hydrogen-bond donors (Lipinski definition) is 2. The van der Waals surface area contributed by atoms with E-state index in [9.17, 15) is 14.4 Å². The molecule has 2 aromatic rings. The molecule has 3 rings (SSSR count). The third-order valence-electron chi connectivity index (χ3n) is 7.66. The summed E-state index contributed by atoms with van der Waals surface area (Å²) in [5.74, 6) is 0.574. The predicted octanol–water partition coefficient (Wildman–Crippen LogP) is 6.47. The molecule has 2 unspecified atom stereocenters. The molecule has 1 aliphatic heterocycles. The standard InChI is InChI=1S/C34H49N3O4/c1-5-7-20-35-32(38)29(14-6-2)30(22-25(3)4)33(39)36-31-19-11-12-21-37(34(31)40)24-26-15-13-18-28(23-26)41-27-16-9-8-10-17-27/h8-10,13,15-18,23,25,29-31H,5-7,11-12,14,19-22,24H2,1-4H3,(H,35,38)(H,36,39)/t29-,30?,31?/m0/s1. The van der Waals surface area contributed by atoms with Crippen LogP contribution >= 0.6 is 0 Å². The molecular formula is C34H49N3O4.